The number of aromatic nitrogens is 1. The summed E-state index contributed by atoms with van der Waals surface area (Å²) in [4.78, 5) is 19.6. The van der Waals surface area contributed by atoms with Gasteiger partial charge < -0.3 is 9.47 Å². The van der Waals surface area contributed by atoms with Gasteiger partial charge in [-0.25, -0.2) is 4.99 Å². The molecule has 36 heavy (non-hydrogen) atoms. The SMILES string of the molecule is COc1ccc(/C=c2/sc3n(c2=O)[C@@H](c2ccc(Cl)cc2)C2=C(N=3)c3ccccc3CC2)c(OC)c1. The highest BCUT2D eigenvalue weighted by Crippen LogP contribution is 2.41. The molecular weight excluding hydrogens is 492 g/mol. The van der Waals surface area contributed by atoms with Gasteiger partial charge >= 0.3 is 0 Å². The fourth-order valence-electron chi connectivity index (χ4n) is 5.05. The molecule has 7 heteroatoms. The highest BCUT2D eigenvalue weighted by Gasteiger charge is 2.32. The summed E-state index contributed by atoms with van der Waals surface area (Å²) in [6.07, 6.45) is 3.64. The number of rotatable bonds is 4. The van der Waals surface area contributed by atoms with Gasteiger partial charge in [0.25, 0.3) is 5.56 Å². The smallest absolute Gasteiger partial charge is 0.271 e. The van der Waals surface area contributed by atoms with Gasteiger partial charge in [-0.1, -0.05) is 59.3 Å². The lowest BCUT2D eigenvalue weighted by molar-refractivity contribution is 0.393. The summed E-state index contributed by atoms with van der Waals surface area (Å²) in [7, 11) is 3.23. The van der Waals surface area contributed by atoms with Crippen LogP contribution in [0.1, 0.15) is 34.7 Å². The Morgan fingerprint density at radius 2 is 1.83 bits per heavy atom. The number of hydrogen-bond donors (Lipinski definition) is 0. The zero-order valence-electron chi connectivity index (χ0n) is 19.8. The standard InChI is InChI=1S/C29H23ClN2O3S/c1-34-21-13-9-19(24(16-21)35-2)15-25-28(33)32-27(18-7-11-20(30)12-8-18)23-14-10-17-5-3-4-6-22(17)26(23)31-29(32)36-25/h3-9,11-13,15-16,27H,10,14H2,1-2H3/b25-15+/t27-/m0/s1. The zero-order chi connectivity index (χ0) is 24.8. The highest BCUT2D eigenvalue weighted by atomic mass is 35.5. The summed E-state index contributed by atoms with van der Waals surface area (Å²) in [6.45, 7) is 0. The van der Waals surface area contributed by atoms with Gasteiger partial charge in [0.15, 0.2) is 4.80 Å². The molecule has 3 aromatic carbocycles. The first-order valence-corrected chi connectivity index (χ1v) is 12.9. The minimum absolute atomic E-state index is 0.0676. The van der Waals surface area contributed by atoms with Gasteiger partial charge in [0.2, 0.25) is 0 Å². The minimum Gasteiger partial charge on any atom is -0.497 e. The first-order chi connectivity index (χ1) is 17.6. The molecule has 0 N–H and O–H groups in total. The van der Waals surface area contributed by atoms with Gasteiger partial charge in [0.1, 0.15) is 11.5 Å². The lowest BCUT2D eigenvalue weighted by Gasteiger charge is -2.30. The van der Waals surface area contributed by atoms with Gasteiger partial charge in [-0.15, -0.1) is 0 Å². The van der Waals surface area contributed by atoms with Crippen LogP contribution < -0.4 is 24.4 Å². The summed E-state index contributed by atoms with van der Waals surface area (Å²) in [6, 6.07) is 21.5. The van der Waals surface area contributed by atoms with E-state index in [1.807, 2.05) is 59.2 Å². The number of ether oxygens (including phenoxy) is 2. The molecule has 1 atom stereocenters. The molecule has 0 saturated carbocycles. The Bertz CT molecular complexity index is 1700. The maximum atomic E-state index is 13.9. The number of thiazole rings is 1. The van der Waals surface area contributed by atoms with Crippen LogP contribution in [0.5, 0.6) is 11.5 Å². The molecule has 6 rings (SSSR count). The average molecular weight is 515 g/mol. The van der Waals surface area contributed by atoms with E-state index in [-0.39, 0.29) is 11.6 Å². The fraction of sp³-hybridized carbons (Fsp3) is 0.172. The van der Waals surface area contributed by atoms with Crippen LogP contribution in [0.3, 0.4) is 0 Å². The Hall–Kier alpha value is -3.61. The summed E-state index contributed by atoms with van der Waals surface area (Å²) in [5.74, 6) is 1.34. The number of halogens is 1. The van der Waals surface area contributed by atoms with Crippen LogP contribution in [0.15, 0.2) is 82.1 Å². The summed E-state index contributed by atoms with van der Waals surface area (Å²) in [5.41, 5.74) is 6.34. The van der Waals surface area contributed by atoms with E-state index in [9.17, 15) is 4.79 Å². The van der Waals surface area contributed by atoms with Crippen molar-refractivity contribution in [3.63, 3.8) is 0 Å². The number of allylic oxidation sites excluding steroid dienone is 1. The second-order valence-electron chi connectivity index (χ2n) is 8.77. The van der Waals surface area contributed by atoms with Gasteiger partial charge in [-0.3, -0.25) is 9.36 Å². The molecule has 0 saturated heterocycles. The van der Waals surface area contributed by atoms with E-state index in [0.29, 0.717) is 25.9 Å². The van der Waals surface area contributed by atoms with Crippen molar-refractivity contribution < 1.29 is 9.47 Å². The van der Waals surface area contributed by atoms with Crippen molar-refractivity contribution >= 4 is 34.7 Å². The molecule has 0 unspecified atom stereocenters. The van der Waals surface area contributed by atoms with E-state index < -0.39 is 0 Å². The number of hydrogen-bond acceptors (Lipinski definition) is 5. The quantitative estimate of drug-likeness (QED) is 0.385. The molecule has 0 fully saturated rings. The Morgan fingerprint density at radius 3 is 2.61 bits per heavy atom. The third kappa shape index (κ3) is 3.77. The zero-order valence-corrected chi connectivity index (χ0v) is 21.4. The van der Waals surface area contributed by atoms with Crippen molar-refractivity contribution in [2.75, 3.05) is 14.2 Å². The van der Waals surface area contributed by atoms with Crippen molar-refractivity contribution in [3.8, 4) is 11.5 Å². The van der Waals surface area contributed by atoms with Crippen LogP contribution in [-0.2, 0) is 6.42 Å². The minimum atomic E-state index is -0.234. The van der Waals surface area contributed by atoms with Crippen LogP contribution in [0.4, 0.5) is 0 Å². The Kier molecular flexibility index (Phi) is 5.78. The van der Waals surface area contributed by atoms with Crippen molar-refractivity contribution in [2.24, 2.45) is 4.99 Å². The van der Waals surface area contributed by atoms with Gasteiger partial charge in [0, 0.05) is 22.2 Å². The molecule has 1 aliphatic heterocycles. The van der Waals surface area contributed by atoms with E-state index >= 15 is 0 Å². The number of aryl methyl sites for hydroxylation is 1. The molecule has 5 nitrogen and oxygen atoms in total. The molecule has 180 valence electrons. The van der Waals surface area contributed by atoms with E-state index in [1.165, 1.54) is 16.9 Å². The Morgan fingerprint density at radius 1 is 1.03 bits per heavy atom. The third-order valence-corrected chi connectivity index (χ3v) is 8.02. The van der Waals surface area contributed by atoms with Crippen LogP contribution in [0.25, 0.3) is 11.8 Å². The van der Waals surface area contributed by atoms with Gasteiger partial charge in [-0.2, -0.15) is 0 Å². The van der Waals surface area contributed by atoms with Crippen LogP contribution in [-0.4, -0.2) is 18.8 Å². The summed E-state index contributed by atoms with van der Waals surface area (Å²) in [5, 5.41) is 0.668. The third-order valence-electron chi connectivity index (χ3n) is 6.79. The second-order valence-corrected chi connectivity index (χ2v) is 10.2. The molecule has 0 spiro atoms. The van der Waals surface area contributed by atoms with Crippen molar-refractivity contribution in [1.82, 2.24) is 4.57 Å². The molecule has 0 radical (unpaired) electrons. The van der Waals surface area contributed by atoms with Crippen molar-refractivity contribution in [2.45, 2.75) is 18.9 Å². The molecule has 2 heterocycles. The average Bonchev–Trinajstić information content (AvgIpc) is 3.22. The van der Waals surface area contributed by atoms with E-state index in [2.05, 4.69) is 18.2 Å². The number of nitrogens with zero attached hydrogens (tertiary/aromatic N) is 2. The van der Waals surface area contributed by atoms with E-state index in [4.69, 9.17) is 26.1 Å². The fourth-order valence-corrected chi connectivity index (χ4v) is 6.16. The molecule has 4 aromatic rings. The predicted octanol–water partition coefficient (Wildman–Crippen LogP) is 4.99. The first-order valence-electron chi connectivity index (χ1n) is 11.7. The molecule has 1 aromatic heterocycles. The highest BCUT2D eigenvalue weighted by molar-refractivity contribution is 7.07. The van der Waals surface area contributed by atoms with Gasteiger partial charge in [-0.05, 0) is 59.9 Å². The molecule has 2 aliphatic rings. The van der Waals surface area contributed by atoms with Crippen molar-refractivity contribution in [3.05, 3.63) is 119 Å². The molecule has 0 bridgehead atoms. The number of methoxy groups -OCH3 is 2. The van der Waals surface area contributed by atoms with Gasteiger partial charge in [0.05, 0.1) is 30.5 Å². The maximum absolute atomic E-state index is 13.9. The van der Waals surface area contributed by atoms with Crippen LogP contribution >= 0.6 is 22.9 Å². The van der Waals surface area contributed by atoms with E-state index in [1.54, 1.807) is 14.2 Å². The van der Waals surface area contributed by atoms with Crippen LogP contribution in [0, 0.1) is 0 Å². The number of fused-ring (bicyclic) bond motifs is 3. The first kappa shape index (κ1) is 22.8. The topological polar surface area (TPSA) is 52.8 Å². The van der Waals surface area contributed by atoms with Crippen molar-refractivity contribution in [1.29, 1.82) is 0 Å². The summed E-state index contributed by atoms with van der Waals surface area (Å²) >= 11 is 7.61. The lowest BCUT2D eigenvalue weighted by Crippen LogP contribution is -2.38. The molecular formula is C29H23ClN2O3S. The van der Waals surface area contributed by atoms with E-state index in [0.717, 1.165) is 40.8 Å². The number of benzene rings is 3. The second kappa shape index (κ2) is 9.12. The molecule has 0 amide bonds. The lowest BCUT2D eigenvalue weighted by atomic mass is 9.83. The Labute approximate surface area is 217 Å². The summed E-state index contributed by atoms with van der Waals surface area (Å²) < 4.78 is 13.3. The maximum Gasteiger partial charge on any atom is 0.271 e. The Balaban J connectivity index is 1.60. The van der Waals surface area contributed by atoms with Crippen LogP contribution in [0.2, 0.25) is 5.02 Å². The molecule has 1 aliphatic carbocycles. The monoisotopic (exact) mass is 514 g/mol. The predicted molar refractivity (Wildman–Crippen MR) is 144 cm³/mol. The largest absolute Gasteiger partial charge is 0.497 e. The normalized spacial score (nSPS) is 16.6.